The lowest BCUT2D eigenvalue weighted by Crippen LogP contribution is -2.34. The Morgan fingerprint density at radius 3 is 2.56 bits per heavy atom. The van der Waals surface area contributed by atoms with Gasteiger partial charge in [-0.1, -0.05) is 6.92 Å². The Hall–Kier alpha value is -1.55. The summed E-state index contributed by atoms with van der Waals surface area (Å²) >= 11 is 0. The highest BCUT2D eigenvalue weighted by atomic mass is 16.6. The van der Waals surface area contributed by atoms with Gasteiger partial charge >= 0.3 is 0 Å². The minimum Gasteiger partial charge on any atom is -0.485 e. The van der Waals surface area contributed by atoms with Crippen molar-refractivity contribution in [2.75, 3.05) is 11.9 Å². The molecule has 0 spiro atoms. The molecular formula is C14H19NO3. The van der Waals surface area contributed by atoms with Crippen molar-refractivity contribution >= 4 is 11.6 Å². The number of hydrogen-bond acceptors (Lipinski definition) is 3. The molecule has 1 aliphatic heterocycles. The molecule has 0 aromatic heterocycles. The van der Waals surface area contributed by atoms with Gasteiger partial charge in [0.1, 0.15) is 17.5 Å². The van der Waals surface area contributed by atoms with Crippen LogP contribution in [0, 0.1) is 0 Å². The molecule has 0 radical (unpaired) electrons. The van der Waals surface area contributed by atoms with Crippen molar-refractivity contribution in [3.63, 3.8) is 0 Å². The second-order valence-electron chi connectivity index (χ2n) is 4.95. The number of epoxide rings is 1. The maximum atomic E-state index is 11.2. The van der Waals surface area contributed by atoms with Gasteiger partial charge in [0.2, 0.25) is 5.91 Å². The highest BCUT2D eigenvalue weighted by Gasteiger charge is 2.41. The van der Waals surface area contributed by atoms with E-state index in [1.807, 2.05) is 45.0 Å². The topological polar surface area (TPSA) is 50.9 Å². The van der Waals surface area contributed by atoms with E-state index in [2.05, 4.69) is 5.32 Å². The van der Waals surface area contributed by atoms with Crippen molar-refractivity contribution in [1.82, 2.24) is 0 Å². The SMILES string of the molecule is CCC(=O)Nc1ccc(OC(C)(C)C2CO2)cc1. The summed E-state index contributed by atoms with van der Waals surface area (Å²) in [6, 6.07) is 7.39. The summed E-state index contributed by atoms with van der Waals surface area (Å²) in [5, 5.41) is 2.80. The molecule has 2 rings (SSSR count). The van der Waals surface area contributed by atoms with E-state index < -0.39 is 0 Å². The van der Waals surface area contributed by atoms with E-state index in [1.54, 1.807) is 0 Å². The van der Waals surface area contributed by atoms with Crippen molar-refractivity contribution in [3.05, 3.63) is 24.3 Å². The third kappa shape index (κ3) is 3.23. The molecule has 1 fully saturated rings. The number of rotatable bonds is 5. The Morgan fingerprint density at radius 1 is 1.44 bits per heavy atom. The van der Waals surface area contributed by atoms with Crippen molar-refractivity contribution in [1.29, 1.82) is 0 Å². The van der Waals surface area contributed by atoms with Crippen LogP contribution in [0.4, 0.5) is 5.69 Å². The first-order chi connectivity index (χ1) is 8.51. The fourth-order valence-electron chi connectivity index (χ4n) is 1.67. The van der Waals surface area contributed by atoms with Crippen LogP contribution >= 0.6 is 0 Å². The van der Waals surface area contributed by atoms with E-state index in [0.29, 0.717) is 6.42 Å². The number of nitrogens with one attached hydrogen (secondary N) is 1. The highest BCUT2D eigenvalue weighted by molar-refractivity contribution is 5.90. The van der Waals surface area contributed by atoms with Crippen molar-refractivity contribution < 1.29 is 14.3 Å². The highest BCUT2D eigenvalue weighted by Crippen LogP contribution is 2.29. The molecule has 0 saturated carbocycles. The molecule has 0 aliphatic carbocycles. The number of amides is 1. The molecule has 1 heterocycles. The number of hydrogen-bond donors (Lipinski definition) is 1. The van der Waals surface area contributed by atoms with Crippen LogP contribution in [0.5, 0.6) is 5.75 Å². The summed E-state index contributed by atoms with van der Waals surface area (Å²) in [7, 11) is 0. The average molecular weight is 249 g/mol. The normalized spacial score (nSPS) is 18.3. The largest absolute Gasteiger partial charge is 0.485 e. The maximum Gasteiger partial charge on any atom is 0.224 e. The average Bonchev–Trinajstić information content (AvgIpc) is 3.15. The summed E-state index contributed by atoms with van der Waals surface area (Å²) in [4.78, 5) is 11.2. The first kappa shape index (κ1) is 12.9. The molecule has 1 saturated heterocycles. The summed E-state index contributed by atoms with van der Waals surface area (Å²) < 4.78 is 11.1. The molecule has 1 atom stereocenters. The Kier molecular flexibility index (Phi) is 3.57. The van der Waals surface area contributed by atoms with Crippen molar-refractivity contribution in [2.24, 2.45) is 0 Å². The minimum atomic E-state index is -0.311. The standard InChI is InChI=1S/C14H19NO3/c1-4-13(16)15-10-5-7-11(8-6-10)18-14(2,3)12-9-17-12/h5-8,12H,4,9H2,1-3H3,(H,15,16). The predicted octanol–water partition coefficient (Wildman–Crippen LogP) is 2.59. The Labute approximate surface area is 107 Å². The van der Waals surface area contributed by atoms with Crippen LogP contribution in [0.25, 0.3) is 0 Å². The van der Waals surface area contributed by atoms with Gasteiger partial charge < -0.3 is 14.8 Å². The van der Waals surface area contributed by atoms with E-state index in [1.165, 1.54) is 0 Å². The quantitative estimate of drug-likeness (QED) is 0.816. The molecule has 1 unspecified atom stereocenters. The van der Waals surface area contributed by atoms with E-state index in [-0.39, 0.29) is 17.6 Å². The molecule has 1 amide bonds. The Bertz CT molecular complexity index is 421. The maximum absolute atomic E-state index is 11.2. The van der Waals surface area contributed by atoms with Crippen LogP contribution in [0.1, 0.15) is 27.2 Å². The first-order valence-electron chi connectivity index (χ1n) is 6.22. The second kappa shape index (κ2) is 4.98. The molecule has 4 nitrogen and oxygen atoms in total. The summed E-state index contributed by atoms with van der Waals surface area (Å²) in [5.41, 5.74) is 0.475. The number of carbonyl (C=O) groups is 1. The molecule has 0 bridgehead atoms. The van der Waals surface area contributed by atoms with E-state index >= 15 is 0 Å². The second-order valence-corrected chi connectivity index (χ2v) is 4.95. The van der Waals surface area contributed by atoms with Gasteiger partial charge in [-0.15, -0.1) is 0 Å². The third-order valence-corrected chi connectivity index (χ3v) is 2.95. The Balaban J connectivity index is 1.97. The zero-order chi connectivity index (χ0) is 13.2. The van der Waals surface area contributed by atoms with Crippen LogP contribution < -0.4 is 10.1 Å². The molecule has 1 aromatic carbocycles. The monoisotopic (exact) mass is 249 g/mol. The van der Waals surface area contributed by atoms with Gasteiger partial charge in [-0.05, 0) is 38.1 Å². The van der Waals surface area contributed by atoms with Gasteiger partial charge in [0.15, 0.2) is 0 Å². The number of benzene rings is 1. The van der Waals surface area contributed by atoms with Gasteiger partial charge in [-0.2, -0.15) is 0 Å². The molecule has 1 aromatic rings. The van der Waals surface area contributed by atoms with Crippen LogP contribution in [-0.4, -0.2) is 24.2 Å². The fourth-order valence-corrected chi connectivity index (χ4v) is 1.67. The van der Waals surface area contributed by atoms with Gasteiger partial charge in [-0.25, -0.2) is 0 Å². The lowest BCUT2D eigenvalue weighted by molar-refractivity contribution is -0.115. The first-order valence-corrected chi connectivity index (χ1v) is 6.22. The predicted molar refractivity (Wildman–Crippen MR) is 69.8 cm³/mol. The van der Waals surface area contributed by atoms with Gasteiger partial charge in [0.25, 0.3) is 0 Å². The smallest absolute Gasteiger partial charge is 0.224 e. The zero-order valence-electron chi connectivity index (χ0n) is 11.0. The molecule has 4 heteroatoms. The molecule has 1 aliphatic rings. The van der Waals surface area contributed by atoms with E-state index in [4.69, 9.17) is 9.47 Å². The molecule has 98 valence electrons. The van der Waals surface area contributed by atoms with Crippen LogP contribution in [0.2, 0.25) is 0 Å². The third-order valence-electron chi connectivity index (χ3n) is 2.95. The lowest BCUT2D eigenvalue weighted by Gasteiger charge is -2.24. The van der Waals surface area contributed by atoms with Crippen molar-refractivity contribution in [3.8, 4) is 5.75 Å². The summed E-state index contributed by atoms with van der Waals surface area (Å²) in [6.45, 7) is 6.61. The Morgan fingerprint density at radius 2 is 2.06 bits per heavy atom. The van der Waals surface area contributed by atoms with Crippen LogP contribution in [-0.2, 0) is 9.53 Å². The number of carbonyl (C=O) groups excluding carboxylic acids is 1. The van der Waals surface area contributed by atoms with Gasteiger partial charge in [0, 0.05) is 12.1 Å². The molecular weight excluding hydrogens is 230 g/mol. The van der Waals surface area contributed by atoms with E-state index in [9.17, 15) is 4.79 Å². The van der Waals surface area contributed by atoms with Gasteiger partial charge in [-0.3, -0.25) is 4.79 Å². The molecule has 18 heavy (non-hydrogen) atoms. The number of ether oxygens (including phenoxy) is 2. The minimum absolute atomic E-state index is 0.00961. The fraction of sp³-hybridized carbons (Fsp3) is 0.500. The summed E-state index contributed by atoms with van der Waals surface area (Å²) in [5.74, 6) is 0.792. The van der Waals surface area contributed by atoms with Crippen LogP contribution in [0.3, 0.4) is 0 Å². The summed E-state index contributed by atoms with van der Waals surface area (Å²) in [6.07, 6.45) is 0.654. The lowest BCUT2D eigenvalue weighted by atomic mass is 10.1. The zero-order valence-corrected chi connectivity index (χ0v) is 11.0. The van der Waals surface area contributed by atoms with Crippen molar-refractivity contribution in [2.45, 2.75) is 38.9 Å². The number of anilines is 1. The molecule has 1 N–H and O–H groups in total. The van der Waals surface area contributed by atoms with Gasteiger partial charge in [0.05, 0.1) is 6.61 Å². The van der Waals surface area contributed by atoms with E-state index in [0.717, 1.165) is 18.0 Å². The van der Waals surface area contributed by atoms with Crippen LogP contribution in [0.15, 0.2) is 24.3 Å².